The van der Waals surface area contributed by atoms with Gasteiger partial charge < -0.3 is 25.8 Å². The van der Waals surface area contributed by atoms with Crippen LogP contribution in [0.15, 0.2) is 29.3 Å². The summed E-state index contributed by atoms with van der Waals surface area (Å²) in [7, 11) is 0. The minimum atomic E-state index is -0.869. The highest BCUT2D eigenvalue weighted by atomic mass is 32.2. The SMILES string of the molecule is CSc1c(OC(N)=O)ccc(Oc2ccnc3c2NCC(=O)N3)c1C(C)(C)C. The Morgan fingerprint density at radius 2 is 1.93 bits per heavy atom. The van der Waals surface area contributed by atoms with E-state index >= 15 is 0 Å². The molecule has 1 aromatic carbocycles. The molecule has 0 bridgehead atoms. The number of hydrogen-bond donors (Lipinski definition) is 3. The number of ether oxygens (including phenoxy) is 2. The fourth-order valence-electron chi connectivity index (χ4n) is 2.99. The number of nitrogens with two attached hydrogens (primary N) is 1. The normalized spacial score (nSPS) is 13.2. The number of hydrogen-bond acceptors (Lipinski definition) is 7. The molecule has 4 N–H and O–H groups in total. The average molecular weight is 402 g/mol. The molecule has 2 amide bonds. The second-order valence-corrected chi connectivity index (χ2v) is 7.99. The molecule has 0 atom stereocenters. The van der Waals surface area contributed by atoms with Crippen molar-refractivity contribution < 1.29 is 19.1 Å². The minimum Gasteiger partial charge on any atom is -0.455 e. The van der Waals surface area contributed by atoms with Crippen LogP contribution in [-0.4, -0.2) is 29.8 Å². The Kier molecular flexibility index (Phi) is 5.37. The Morgan fingerprint density at radius 3 is 2.57 bits per heavy atom. The van der Waals surface area contributed by atoms with Crippen LogP contribution in [0, 0.1) is 0 Å². The lowest BCUT2D eigenvalue weighted by molar-refractivity contribution is -0.114. The Morgan fingerprint density at radius 1 is 1.21 bits per heavy atom. The number of nitrogens with one attached hydrogen (secondary N) is 2. The molecule has 0 radical (unpaired) electrons. The summed E-state index contributed by atoms with van der Waals surface area (Å²) in [6.07, 6.45) is 2.60. The number of amides is 2. The van der Waals surface area contributed by atoms with Gasteiger partial charge in [-0.25, -0.2) is 9.78 Å². The molecule has 1 aromatic heterocycles. The average Bonchev–Trinajstić information content (AvgIpc) is 2.61. The molecule has 0 spiro atoms. The lowest BCUT2D eigenvalue weighted by Crippen LogP contribution is -2.28. The lowest BCUT2D eigenvalue weighted by atomic mass is 9.86. The van der Waals surface area contributed by atoms with Crippen LogP contribution in [0.5, 0.6) is 17.2 Å². The van der Waals surface area contributed by atoms with Gasteiger partial charge in [-0.3, -0.25) is 4.79 Å². The molecule has 0 aliphatic carbocycles. The number of pyridine rings is 1. The molecule has 0 unspecified atom stereocenters. The van der Waals surface area contributed by atoms with Crippen LogP contribution in [0.2, 0.25) is 0 Å². The van der Waals surface area contributed by atoms with Crippen molar-refractivity contribution in [3.8, 4) is 17.2 Å². The number of nitrogens with zero attached hydrogens (tertiary/aromatic N) is 1. The van der Waals surface area contributed by atoms with Gasteiger partial charge in [-0.1, -0.05) is 20.8 Å². The van der Waals surface area contributed by atoms with Crippen LogP contribution in [0.3, 0.4) is 0 Å². The molecule has 2 aromatic rings. The van der Waals surface area contributed by atoms with Gasteiger partial charge in [-0.05, 0) is 23.8 Å². The number of primary amides is 1. The van der Waals surface area contributed by atoms with Gasteiger partial charge in [-0.15, -0.1) is 11.8 Å². The summed E-state index contributed by atoms with van der Waals surface area (Å²) < 4.78 is 11.4. The van der Waals surface area contributed by atoms with Crippen LogP contribution in [0.1, 0.15) is 26.3 Å². The summed E-state index contributed by atoms with van der Waals surface area (Å²) in [6.45, 7) is 6.28. The van der Waals surface area contributed by atoms with Crippen molar-refractivity contribution in [1.29, 1.82) is 0 Å². The molecule has 0 saturated carbocycles. The Bertz CT molecular complexity index is 940. The summed E-state index contributed by atoms with van der Waals surface area (Å²) in [5, 5.41) is 5.75. The van der Waals surface area contributed by atoms with Crippen LogP contribution < -0.4 is 25.8 Å². The highest BCUT2D eigenvalue weighted by molar-refractivity contribution is 7.98. The quantitative estimate of drug-likeness (QED) is 0.668. The van der Waals surface area contributed by atoms with E-state index in [-0.39, 0.29) is 17.9 Å². The standard InChI is InChI=1S/C19H22N4O4S/c1-19(2,3)14-10(5-6-12(16(14)28-4)27-18(20)25)26-11-7-8-21-17-15(11)22-9-13(24)23-17/h5-8,22H,9H2,1-4H3,(H2,20,25)(H,21,23,24). The number of thioether (sulfide) groups is 1. The molecule has 1 aliphatic rings. The zero-order chi connectivity index (χ0) is 20.5. The van der Waals surface area contributed by atoms with Gasteiger partial charge in [0.15, 0.2) is 11.6 Å². The van der Waals surface area contributed by atoms with Gasteiger partial charge in [0.05, 0.1) is 11.4 Å². The third-order valence-electron chi connectivity index (χ3n) is 4.06. The molecule has 28 heavy (non-hydrogen) atoms. The van der Waals surface area contributed by atoms with Crippen molar-refractivity contribution in [2.24, 2.45) is 5.73 Å². The van der Waals surface area contributed by atoms with Crippen LogP contribution in [0.25, 0.3) is 0 Å². The first kappa shape index (κ1) is 19.8. The Balaban J connectivity index is 2.09. The molecule has 2 heterocycles. The third-order valence-corrected chi connectivity index (χ3v) is 4.88. The minimum absolute atomic E-state index is 0.142. The van der Waals surface area contributed by atoms with Crippen LogP contribution in [-0.2, 0) is 10.2 Å². The second kappa shape index (κ2) is 7.59. The molecule has 1 aliphatic heterocycles. The Labute approximate surface area is 167 Å². The van der Waals surface area contributed by atoms with Gasteiger partial charge in [0.1, 0.15) is 17.2 Å². The maximum absolute atomic E-state index is 11.6. The summed E-state index contributed by atoms with van der Waals surface area (Å²) in [4.78, 5) is 27.8. The number of rotatable bonds is 4. The number of anilines is 2. The van der Waals surface area contributed by atoms with E-state index in [0.29, 0.717) is 28.8 Å². The first-order valence-corrected chi connectivity index (χ1v) is 9.82. The second-order valence-electron chi connectivity index (χ2n) is 7.18. The maximum Gasteiger partial charge on any atom is 0.410 e. The molecule has 0 fully saturated rings. The number of carbonyl (C=O) groups excluding carboxylic acids is 2. The fraction of sp³-hybridized carbons (Fsp3) is 0.316. The van der Waals surface area contributed by atoms with E-state index < -0.39 is 6.09 Å². The van der Waals surface area contributed by atoms with Gasteiger partial charge in [0.2, 0.25) is 5.91 Å². The van der Waals surface area contributed by atoms with E-state index in [1.165, 1.54) is 11.8 Å². The van der Waals surface area contributed by atoms with Gasteiger partial charge >= 0.3 is 6.09 Å². The van der Waals surface area contributed by atoms with E-state index in [0.717, 1.165) is 10.5 Å². The van der Waals surface area contributed by atoms with Gasteiger partial charge in [0, 0.05) is 17.8 Å². The summed E-state index contributed by atoms with van der Waals surface area (Å²) in [5.41, 5.74) is 6.39. The van der Waals surface area contributed by atoms with Crippen molar-refractivity contribution in [2.45, 2.75) is 31.1 Å². The van der Waals surface area contributed by atoms with E-state index in [1.54, 1.807) is 24.4 Å². The molecular weight excluding hydrogens is 380 g/mol. The van der Waals surface area contributed by atoms with E-state index in [4.69, 9.17) is 15.2 Å². The summed E-state index contributed by atoms with van der Waals surface area (Å²) >= 11 is 1.45. The molecule has 148 valence electrons. The van der Waals surface area contributed by atoms with E-state index in [9.17, 15) is 9.59 Å². The first-order chi connectivity index (χ1) is 13.2. The topological polar surface area (TPSA) is 116 Å². The third kappa shape index (κ3) is 3.99. The van der Waals surface area contributed by atoms with E-state index in [2.05, 4.69) is 15.6 Å². The van der Waals surface area contributed by atoms with Crippen molar-refractivity contribution >= 4 is 35.3 Å². The predicted octanol–water partition coefficient (Wildman–Crippen LogP) is 3.71. The predicted molar refractivity (Wildman–Crippen MR) is 109 cm³/mol. The number of benzene rings is 1. The van der Waals surface area contributed by atoms with Crippen molar-refractivity contribution in [3.63, 3.8) is 0 Å². The first-order valence-electron chi connectivity index (χ1n) is 8.60. The Hall–Kier alpha value is -2.94. The monoisotopic (exact) mass is 402 g/mol. The molecule has 3 rings (SSSR count). The van der Waals surface area contributed by atoms with Crippen molar-refractivity contribution in [2.75, 3.05) is 23.4 Å². The molecule has 9 heteroatoms. The van der Waals surface area contributed by atoms with Crippen LogP contribution in [0.4, 0.5) is 16.3 Å². The van der Waals surface area contributed by atoms with Crippen molar-refractivity contribution in [3.05, 3.63) is 30.0 Å². The smallest absolute Gasteiger partial charge is 0.410 e. The zero-order valence-corrected chi connectivity index (χ0v) is 16.9. The lowest BCUT2D eigenvalue weighted by Gasteiger charge is -2.27. The maximum atomic E-state index is 11.6. The zero-order valence-electron chi connectivity index (χ0n) is 16.1. The van der Waals surface area contributed by atoms with Gasteiger partial charge in [-0.2, -0.15) is 0 Å². The summed E-state index contributed by atoms with van der Waals surface area (Å²) in [5.74, 6) is 1.79. The highest BCUT2D eigenvalue weighted by Crippen LogP contribution is 2.46. The number of carbonyl (C=O) groups is 2. The summed E-state index contributed by atoms with van der Waals surface area (Å²) in [6, 6.07) is 5.12. The molecule has 8 nitrogen and oxygen atoms in total. The number of aromatic nitrogens is 1. The molecule has 0 saturated heterocycles. The largest absolute Gasteiger partial charge is 0.455 e. The van der Waals surface area contributed by atoms with Crippen LogP contribution >= 0.6 is 11.8 Å². The van der Waals surface area contributed by atoms with E-state index in [1.807, 2.05) is 27.0 Å². The van der Waals surface area contributed by atoms with Crippen molar-refractivity contribution in [1.82, 2.24) is 4.98 Å². The molecular formula is C19H22N4O4S. The van der Waals surface area contributed by atoms with Gasteiger partial charge in [0.25, 0.3) is 0 Å². The highest BCUT2D eigenvalue weighted by Gasteiger charge is 2.28. The fourth-order valence-corrected chi connectivity index (χ4v) is 3.91. The number of fused-ring (bicyclic) bond motifs is 1.